The number of hydrogen-bond acceptors (Lipinski definition) is 7. The van der Waals surface area contributed by atoms with Gasteiger partial charge in [0.25, 0.3) is 0 Å². The maximum atomic E-state index is 11.5. The van der Waals surface area contributed by atoms with Crippen molar-refractivity contribution in [3.63, 3.8) is 0 Å². The molecule has 0 bridgehead atoms. The largest absolute Gasteiger partial charge is 0.379 e. The summed E-state index contributed by atoms with van der Waals surface area (Å²) in [6.45, 7) is 1.17. The van der Waals surface area contributed by atoms with E-state index in [1.165, 1.54) is 0 Å². The highest BCUT2D eigenvalue weighted by molar-refractivity contribution is 7.91. The van der Waals surface area contributed by atoms with Gasteiger partial charge in [-0.15, -0.1) is 0 Å². The molecule has 3 atom stereocenters. The highest BCUT2D eigenvalue weighted by atomic mass is 32.2. The van der Waals surface area contributed by atoms with E-state index < -0.39 is 9.84 Å². The molecule has 1 N–H and O–H groups in total. The first-order valence-corrected chi connectivity index (χ1v) is 8.20. The molecular weight excluding hydrogens is 270 g/mol. The zero-order valence-corrected chi connectivity index (χ0v) is 11.5. The van der Waals surface area contributed by atoms with Gasteiger partial charge < -0.3 is 14.6 Å². The van der Waals surface area contributed by atoms with Crippen LogP contribution in [-0.4, -0.2) is 56.4 Å². The van der Waals surface area contributed by atoms with Crippen LogP contribution in [0.25, 0.3) is 0 Å². The standard InChI is InChI=1S/C11H17N3O4S/c1-12-9-5-17-4-8(9)11-13-10(14-18-11)7-2-3-19(15,16)6-7/h7-9,12H,2-6H2,1H3. The van der Waals surface area contributed by atoms with Crippen molar-refractivity contribution < 1.29 is 17.7 Å². The third-order valence-corrected chi connectivity index (χ3v) is 5.59. The Kier molecular flexibility index (Phi) is 3.32. The highest BCUT2D eigenvalue weighted by Gasteiger charge is 2.36. The number of hydrogen-bond donors (Lipinski definition) is 1. The van der Waals surface area contributed by atoms with Crippen molar-refractivity contribution in [1.82, 2.24) is 15.5 Å². The lowest BCUT2D eigenvalue weighted by atomic mass is 10.0. The minimum absolute atomic E-state index is 0.0456. The van der Waals surface area contributed by atoms with Crippen LogP contribution in [-0.2, 0) is 14.6 Å². The fourth-order valence-electron chi connectivity index (χ4n) is 2.64. The van der Waals surface area contributed by atoms with Gasteiger partial charge in [0, 0.05) is 12.0 Å². The molecule has 0 amide bonds. The van der Waals surface area contributed by atoms with Crippen LogP contribution >= 0.6 is 0 Å². The van der Waals surface area contributed by atoms with Crippen molar-refractivity contribution in [2.75, 3.05) is 31.8 Å². The van der Waals surface area contributed by atoms with Crippen molar-refractivity contribution in [2.24, 2.45) is 0 Å². The third kappa shape index (κ3) is 2.52. The van der Waals surface area contributed by atoms with Gasteiger partial charge in [-0.3, -0.25) is 0 Å². The van der Waals surface area contributed by atoms with E-state index >= 15 is 0 Å². The van der Waals surface area contributed by atoms with Gasteiger partial charge in [0.05, 0.1) is 30.6 Å². The Morgan fingerprint density at radius 2 is 2.21 bits per heavy atom. The molecule has 7 nitrogen and oxygen atoms in total. The first kappa shape index (κ1) is 13.0. The topological polar surface area (TPSA) is 94.3 Å². The van der Waals surface area contributed by atoms with E-state index in [0.29, 0.717) is 31.3 Å². The van der Waals surface area contributed by atoms with E-state index in [-0.39, 0.29) is 29.4 Å². The lowest BCUT2D eigenvalue weighted by Crippen LogP contribution is -2.31. The fraction of sp³-hybridized carbons (Fsp3) is 0.818. The maximum absolute atomic E-state index is 11.5. The van der Waals surface area contributed by atoms with Crippen LogP contribution in [0.15, 0.2) is 4.52 Å². The second-order valence-electron chi connectivity index (χ2n) is 5.13. The molecular formula is C11H17N3O4S. The number of rotatable bonds is 3. The first-order valence-electron chi connectivity index (χ1n) is 6.38. The molecule has 0 aromatic carbocycles. The van der Waals surface area contributed by atoms with Crippen LogP contribution in [0.5, 0.6) is 0 Å². The Labute approximate surface area is 111 Å². The van der Waals surface area contributed by atoms with E-state index in [2.05, 4.69) is 15.5 Å². The van der Waals surface area contributed by atoms with Gasteiger partial charge in [-0.1, -0.05) is 5.16 Å². The van der Waals surface area contributed by atoms with Crippen LogP contribution in [0.2, 0.25) is 0 Å². The molecule has 3 unspecified atom stereocenters. The average Bonchev–Trinajstić information content (AvgIpc) is 3.05. The molecule has 0 aliphatic carbocycles. The van der Waals surface area contributed by atoms with Gasteiger partial charge in [0.15, 0.2) is 15.7 Å². The summed E-state index contributed by atoms with van der Waals surface area (Å²) in [5.74, 6) is 1.31. The number of ether oxygens (including phenoxy) is 1. The van der Waals surface area contributed by atoms with Gasteiger partial charge in [-0.05, 0) is 13.5 Å². The number of nitrogens with one attached hydrogen (secondary N) is 1. The molecule has 1 aromatic heterocycles. The van der Waals surface area contributed by atoms with Crippen LogP contribution in [0.3, 0.4) is 0 Å². The lowest BCUT2D eigenvalue weighted by molar-refractivity contribution is 0.185. The molecule has 1 aromatic rings. The van der Waals surface area contributed by atoms with E-state index in [4.69, 9.17) is 9.26 Å². The predicted molar refractivity (Wildman–Crippen MR) is 66.7 cm³/mol. The molecule has 0 saturated carbocycles. The fourth-order valence-corrected chi connectivity index (χ4v) is 4.38. The first-order chi connectivity index (χ1) is 9.09. The predicted octanol–water partition coefficient (Wildman–Crippen LogP) is -0.326. The zero-order valence-electron chi connectivity index (χ0n) is 10.7. The summed E-state index contributed by atoms with van der Waals surface area (Å²) in [6, 6.07) is 0.167. The molecule has 3 heterocycles. The summed E-state index contributed by atoms with van der Waals surface area (Å²) in [7, 11) is -1.06. The molecule has 8 heteroatoms. The van der Waals surface area contributed by atoms with Crippen molar-refractivity contribution >= 4 is 9.84 Å². The van der Waals surface area contributed by atoms with Crippen molar-refractivity contribution in [3.8, 4) is 0 Å². The van der Waals surface area contributed by atoms with Crippen molar-refractivity contribution in [3.05, 3.63) is 11.7 Å². The van der Waals surface area contributed by atoms with Gasteiger partial charge in [0.2, 0.25) is 5.89 Å². The Bertz CT molecular complexity index is 556. The van der Waals surface area contributed by atoms with Crippen LogP contribution in [0.1, 0.15) is 30.0 Å². The van der Waals surface area contributed by atoms with Gasteiger partial charge in [0.1, 0.15) is 0 Å². The molecule has 2 aliphatic heterocycles. The number of likely N-dealkylation sites (N-methyl/N-ethyl adjacent to an activating group) is 1. The second kappa shape index (κ2) is 4.84. The third-order valence-electron chi connectivity index (χ3n) is 3.82. The molecule has 2 fully saturated rings. The van der Waals surface area contributed by atoms with E-state index in [1.807, 2.05) is 7.05 Å². The van der Waals surface area contributed by atoms with Crippen LogP contribution < -0.4 is 5.32 Å². The Morgan fingerprint density at radius 3 is 2.89 bits per heavy atom. The minimum atomic E-state index is -2.93. The molecule has 106 valence electrons. The summed E-state index contributed by atoms with van der Waals surface area (Å²) in [5, 5.41) is 7.10. The lowest BCUT2D eigenvalue weighted by Gasteiger charge is -2.11. The quantitative estimate of drug-likeness (QED) is 0.813. The van der Waals surface area contributed by atoms with Gasteiger partial charge in [-0.25, -0.2) is 8.42 Å². The highest BCUT2D eigenvalue weighted by Crippen LogP contribution is 2.29. The van der Waals surface area contributed by atoms with Crippen LogP contribution in [0.4, 0.5) is 0 Å². The molecule has 2 aliphatic rings. The minimum Gasteiger partial charge on any atom is -0.379 e. The molecule has 19 heavy (non-hydrogen) atoms. The Hall–Kier alpha value is -0.990. The van der Waals surface area contributed by atoms with E-state index in [9.17, 15) is 8.42 Å². The monoisotopic (exact) mass is 287 g/mol. The van der Waals surface area contributed by atoms with Gasteiger partial charge >= 0.3 is 0 Å². The van der Waals surface area contributed by atoms with Crippen LogP contribution in [0, 0.1) is 0 Å². The van der Waals surface area contributed by atoms with Crippen molar-refractivity contribution in [2.45, 2.75) is 24.3 Å². The summed E-state index contributed by atoms with van der Waals surface area (Å²) in [6.07, 6.45) is 0.581. The van der Waals surface area contributed by atoms with Crippen molar-refractivity contribution in [1.29, 1.82) is 0 Å². The summed E-state index contributed by atoms with van der Waals surface area (Å²) in [5.41, 5.74) is 0. The van der Waals surface area contributed by atoms with E-state index in [1.54, 1.807) is 0 Å². The maximum Gasteiger partial charge on any atom is 0.233 e. The SMILES string of the molecule is CNC1COCC1c1nc(C2CCS(=O)(=O)C2)no1. The number of aromatic nitrogens is 2. The summed E-state index contributed by atoms with van der Waals surface area (Å²) < 4.78 is 33.6. The smallest absolute Gasteiger partial charge is 0.233 e. The normalized spacial score (nSPS) is 33.8. The number of nitrogens with zero attached hydrogens (tertiary/aromatic N) is 2. The second-order valence-corrected chi connectivity index (χ2v) is 7.36. The summed E-state index contributed by atoms with van der Waals surface area (Å²) >= 11 is 0. The molecule has 3 rings (SSSR count). The van der Waals surface area contributed by atoms with Gasteiger partial charge in [-0.2, -0.15) is 4.98 Å². The Balaban J connectivity index is 1.77. The molecule has 2 saturated heterocycles. The zero-order chi connectivity index (χ0) is 13.5. The molecule has 0 spiro atoms. The Morgan fingerprint density at radius 1 is 1.37 bits per heavy atom. The van der Waals surface area contributed by atoms with E-state index in [0.717, 1.165) is 0 Å². The average molecular weight is 287 g/mol. The molecule has 0 radical (unpaired) electrons. The number of sulfone groups is 1. The summed E-state index contributed by atoms with van der Waals surface area (Å²) in [4.78, 5) is 4.38.